The van der Waals surface area contributed by atoms with E-state index in [2.05, 4.69) is 101 Å². The summed E-state index contributed by atoms with van der Waals surface area (Å²) in [7, 11) is -2.39. The topological polar surface area (TPSA) is 9.23 Å². The molecule has 0 aliphatic carbocycles. The molecule has 23 heavy (non-hydrogen) atoms. The normalized spacial score (nSPS) is 19.4. The van der Waals surface area contributed by atoms with Gasteiger partial charge in [-0.2, -0.15) is 0 Å². The Labute approximate surface area is 141 Å². The summed E-state index contributed by atoms with van der Waals surface area (Å²) >= 11 is 0. The van der Waals surface area contributed by atoms with Gasteiger partial charge < -0.3 is 11.3 Å². The zero-order valence-corrected chi connectivity index (χ0v) is 15.5. The van der Waals surface area contributed by atoms with Crippen LogP contribution in [0.4, 0.5) is 0 Å². The minimum atomic E-state index is -2.39. The van der Waals surface area contributed by atoms with Crippen LogP contribution in [0.5, 0.6) is 0 Å². The van der Waals surface area contributed by atoms with Crippen LogP contribution in [0.1, 0.15) is 27.7 Å². The maximum absolute atomic E-state index is 6.85. The Kier molecular flexibility index (Phi) is 3.86. The van der Waals surface area contributed by atoms with Gasteiger partial charge in [-0.25, -0.2) is 0 Å². The lowest BCUT2D eigenvalue weighted by atomic mass is 9.79. The van der Waals surface area contributed by atoms with Crippen molar-refractivity contribution in [1.29, 1.82) is 0 Å². The van der Waals surface area contributed by atoms with E-state index in [0.717, 1.165) is 0 Å². The Bertz CT molecular complexity index is 669. The Morgan fingerprint density at radius 1 is 0.870 bits per heavy atom. The Balaban J connectivity index is 2.26. The van der Waals surface area contributed by atoms with Gasteiger partial charge in [0.15, 0.2) is 0 Å². The maximum atomic E-state index is 6.85. The summed E-state index contributed by atoms with van der Waals surface area (Å²) in [5.74, 6) is 0. The van der Waals surface area contributed by atoms with E-state index >= 15 is 0 Å². The van der Waals surface area contributed by atoms with Crippen molar-refractivity contribution in [3.8, 4) is 0 Å². The zero-order chi connectivity index (χ0) is 16.7. The summed E-state index contributed by atoms with van der Waals surface area (Å²) in [6.45, 7) is 13.1. The largest absolute Gasteiger partial charge is 0.396 e. The minimum Gasteiger partial charge on any atom is -0.396 e. The van der Waals surface area contributed by atoms with Crippen LogP contribution in [0.3, 0.4) is 0 Å². The molecule has 0 unspecified atom stereocenters. The summed E-state index contributed by atoms with van der Waals surface area (Å²) in [4.78, 5) is 0. The van der Waals surface area contributed by atoms with Gasteiger partial charge in [0.25, 0.3) is 8.32 Å². The van der Waals surface area contributed by atoms with E-state index in [1.165, 1.54) is 15.9 Å². The monoisotopic (exact) mass is 321 g/mol. The molecular formula is C21H25OSi-. The molecule has 0 saturated carbocycles. The first-order valence-electron chi connectivity index (χ1n) is 8.16. The molecular weight excluding hydrogens is 296 g/mol. The smallest absolute Gasteiger partial charge is 0.281 e. The van der Waals surface area contributed by atoms with Crippen molar-refractivity contribution in [2.24, 2.45) is 5.41 Å². The van der Waals surface area contributed by atoms with Gasteiger partial charge in [0.05, 0.1) is 5.60 Å². The fraction of sp³-hybridized carbons (Fsp3) is 0.286. The lowest BCUT2D eigenvalue weighted by Crippen LogP contribution is -2.59. The van der Waals surface area contributed by atoms with Crippen LogP contribution in [-0.4, -0.2) is 13.9 Å². The molecule has 1 aliphatic rings. The van der Waals surface area contributed by atoms with Gasteiger partial charge in [0.2, 0.25) is 0 Å². The molecule has 3 rings (SSSR count). The number of rotatable bonds is 3. The predicted octanol–water partition coefficient (Wildman–Crippen LogP) is 3.88. The molecule has 2 heteroatoms. The molecule has 1 aliphatic heterocycles. The molecule has 0 spiro atoms. The Morgan fingerprint density at radius 2 is 1.30 bits per heavy atom. The van der Waals surface area contributed by atoms with E-state index in [-0.39, 0.29) is 11.0 Å². The fourth-order valence-electron chi connectivity index (χ4n) is 3.70. The Morgan fingerprint density at radius 3 is 1.65 bits per heavy atom. The van der Waals surface area contributed by atoms with Crippen molar-refractivity contribution in [3.63, 3.8) is 0 Å². The number of hydrogen-bond donors (Lipinski definition) is 0. The maximum Gasteiger partial charge on any atom is 0.281 e. The third kappa shape index (κ3) is 2.82. The van der Waals surface area contributed by atoms with E-state index in [1.807, 2.05) is 0 Å². The van der Waals surface area contributed by atoms with Crippen LogP contribution in [0.25, 0.3) is 0 Å². The second kappa shape index (κ2) is 5.47. The SMILES string of the molecule is [CH2-]C(C)(C)C1=C[Si](c2ccccc2)(c2ccccc2)OC1(C)C. The fourth-order valence-corrected chi connectivity index (χ4v) is 8.09. The summed E-state index contributed by atoms with van der Waals surface area (Å²) in [5, 5.41) is 2.58. The molecule has 120 valence electrons. The summed E-state index contributed by atoms with van der Waals surface area (Å²) in [6.07, 6.45) is 0. The van der Waals surface area contributed by atoms with Gasteiger partial charge in [0.1, 0.15) is 0 Å². The molecule has 0 saturated heterocycles. The average molecular weight is 322 g/mol. The van der Waals surface area contributed by atoms with Gasteiger partial charge in [-0.1, -0.05) is 85.8 Å². The molecule has 1 nitrogen and oxygen atoms in total. The van der Waals surface area contributed by atoms with Crippen molar-refractivity contribution in [1.82, 2.24) is 0 Å². The predicted molar refractivity (Wildman–Crippen MR) is 100 cm³/mol. The first-order chi connectivity index (χ1) is 10.8. The molecule has 0 radical (unpaired) electrons. The van der Waals surface area contributed by atoms with Crippen LogP contribution in [0.15, 0.2) is 71.9 Å². The molecule has 0 amide bonds. The van der Waals surface area contributed by atoms with Gasteiger partial charge in [0, 0.05) is 0 Å². The van der Waals surface area contributed by atoms with E-state index in [4.69, 9.17) is 4.43 Å². The second-order valence-corrected chi connectivity index (χ2v) is 10.6. The molecule has 1 heterocycles. The molecule has 0 aromatic heterocycles. The van der Waals surface area contributed by atoms with Crippen LogP contribution in [-0.2, 0) is 4.43 Å². The van der Waals surface area contributed by atoms with Crippen molar-refractivity contribution in [2.45, 2.75) is 33.3 Å². The van der Waals surface area contributed by atoms with Crippen LogP contribution >= 0.6 is 0 Å². The van der Waals surface area contributed by atoms with E-state index in [0.29, 0.717) is 0 Å². The molecule has 0 atom stereocenters. The highest BCUT2D eigenvalue weighted by molar-refractivity contribution is 7.01. The third-order valence-electron chi connectivity index (χ3n) is 4.55. The second-order valence-electron chi connectivity index (χ2n) is 7.52. The number of hydrogen-bond acceptors (Lipinski definition) is 1. The summed E-state index contributed by atoms with van der Waals surface area (Å²) in [6, 6.07) is 21.3. The highest BCUT2D eigenvalue weighted by atomic mass is 28.4. The average Bonchev–Trinajstić information content (AvgIpc) is 2.82. The lowest BCUT2D eigenvalue weighted by Gasteiger charge is -2.38. The molecule has 0 fully saturated rings. The van der Waals surface area contributed by atoms with Crippen molar-refractivity contribution >= 4 is 18.7 Å². The van der Waals surface area contributed by atoms with Gasteiger partial charge in [-0.3, -0.25) is 0 Å². The van der Waals surface area contributed by atoms with Crippen molar-refractivity contribution < 1.29 is 4.43 Å². The van der Waals surface area contributed by atoms with E-state index in [9.17, 15) is 0 Å². The van der Waals surface area contributed by atoms with Crippen molar-refractivity contribution in [3.05, 3.63) is 78.9 Å². The minimum absolute atomic E-state index is 0.151. The van der Waals surface area contributed by atoms with Gasteiger partial charge >= 0.3 is 0 Å². The molecule has 0 N–H and O–H groups in total. The van der Waals surface area contributed by atoms with E-state index < -0.39 is 8.32 Å². The van der Waals surface area contributed by atoms with Crippen molar-refractivity contribution in [2.75, 3.05) is 0 Å². The quantitative estimate of drug-likeness (QED) is 0.616. The van der Waals surface area contributed by atoms with Gasteiger partial charge in [-0.05, 0) is 24.2 Å². The first-order valence-corrected chi connectivity index (χ1v) is 10.1. The van der Waals surface area contributed by atoms with Crippen LogP contribution < -0.4 is 10.4 Å². The third-order valence-corrected chi connectivity index (χ3v) is 8.46. The van der Waals surface area contributed by atoms with Crippen LogP contribution in [0.2, 0.25) is 0 Å². The lowest BCUT2D eigenvalue weighted by molar-refractivity contribution is 0.142. The zero-order valence-electron chi connectivity index (χ0n) is 14.5. The molecule has 0 bridgehead atoms. The van der Waals surface area contributed by atoms with Gasteiger partial charge in [-0.15, -0.1) is 5.41 Å². The summed E-state index contributed by atoms with van der Waals surface area (Å²) < 4.78 is 6.85. The first kappa shape index (κ1) is 16.2. The van der Waals surface area contributed by atoms with Crippen LogP contribution in [0, 0.1) is 12.3 Å². The highest BCUT2D eigenvalue weighted by Crippen LogP contribution is 2.43. The Hall–Kier alpha value is -1.64. The standard InChI is InChI=1S/C21H25OSi/c1-20(2,3)19-16-23(22-21(19,4)5,17-12-8-6-9-13-17)18-14-10-7-11-15-18/h6-16H,1H2,2-5H3/q-1. The number of benzene rings is 2. The molecule has 2 aromatic rings. The summed E-state index contributed by atoms with van der Waals surface area (Å²) in [5.41, 5.74) is 3.26. The van der Waals surface area contributed by atoms with E-state index in [1.54, 1.807) is 0 Å². The highest BCUT2D eigenvalue weighted by Gasteiger charge is 2.50. The molecule has 2 aromatic carbocycles.